The highest BCUT2D eigenvalue weighted by Crippen LogP contribution is 2.27. The Morgan fingerprint density at radius 1 is 1.05 bits per heavy atom. The first-order chi connectivity index (χ1) is 17.8. The Kier molecular flexibility index (Phi) is 8.73. The van der Waals surface area contributed by atoms with E-state index in [-0.39, 0.29) is 0 Å². The molecule has 0 spiro atoms. The summed E-state index contributed by atoms with van der Waals surface area (Å²) in [5, 5.41) is 16.4. The number of aromatic nitrogens is 2. The van der Waals surface area contributed by atoms with Crippen LogP contribution in [0, 0.1) is 0 Å². The highest BCUT2D eigenvalue weighted by atomic mass is 32.1. The smallest absolute Gasteiger partial charge is 0.490 e. The molecule has 0 bridgehead atoms. The van der Waals surface area contributed by atoms with Crippen LogP contribution in [0.15, 0.2) is 72.4 Å². The van der Waals surface area contributed by atoms with Crippen LogP contribution in [0.25, 0.3) is 21.3 Å². The van der Waals surface area contributed by atoms with Crippen LogP contribution >= 0.6 is 11.3 Å². The van der Waals surface area contributed by atoms with Gasteiger partial charge in [-0.25, -0.2) is 9.78 Å². The number of alkyl halides is 3. The first-order valence-corrected chi connectivity index (χ1v) is 12.7. The van der Waals surface area contributed by atoms with Gasteiger partial charge in [-0.05, 0) is 55.3 Å². The molecule has 2 aromatic carbocycles. The van der Waals surface area contributed by atoms with E-state index in [2.05, 4.69) is 58.1 Å². The van der Waals surface area contributed by atoms with Crippen LogP contribution in [0.1, 0.15) is 31.4 Å². The molecule has 2 heterocycles. The lowest BCUT2D eigenvalue weighted by atomic mass is 9.93. The number of fused-ring (bicyclic) bond motifs is 1. The van der Waals surface area contributed by atoms with Crippen LogP contribution in [0.2, 0.25) is 0 Å². The fourth-order valence-corrected chi connectivity index (χ4v) is 4.89. The molecule has 1 aliphatic carbocycles. The van der Waals surface area contributed by atoms with Gasteiger partial charge in [0.25, 0.3) is 0 Å². The molecule has 6 nitrogen and oxygen atoms in total. The van der Waals surface area contributed by atoms with E-state index in [1.807, 2.05) is 24.5 Å². The van der Waals surface area contributed by atoms with E-state index in [1.165, 1.54) is 10.9 Å². The number of thiazole rings is 1. The largest absolute Gasteiger partial charge is 0.490 e. The number of pyridine rings is 1. The van der Waals surface area contributed by atoms with Crippen molar-refractivity contribution in [1.29, 1.82) is 0 Å². The molecule has 194 valence electrons. The van der Waals surface area contributed by atoms with E-state index >= 15 is 0 Å². The number of hydrogen-bond donors (Lipinski definition) is 2. The number of carboxylic acids is 1. The lowest BCUT2D eigenvalue weighted by molar-refractivity contribution is -0.192. The summed E-state index contributed by atoms with van der Waals surface area (Å²) in [6.07, 6.45) is 3.37. The number of hydrogen-bond acceptors (Lipinski definition) is 6. The predicted octanol–water partition coefficient (Wildman–Crippen LogP) is 6.47. The minimum absolute atomic E-state index is 0.297. The molecule has 1 fully saturated rings. The third kappa shape index (κ3) is 7.74. The number of carboxylic acid groups (broad SMARTS) is 1. The Labute approximate surface area is 216 Å². The van der Waals surface area contributed by atoms with Crippen LogP contribution in [-0.4, -0.2) is 39.4 Å². The molecule has 0 aliphatic heterocycles. The van der Waals surface area contributed by atoms with E-state index in [9.17, 15) is 13.2 Å². The molecule has 10 heteroatoms. The quantitative estimate of drug-likeness (QED) is 0.298. The molecular weight excluding hydrogens is 503 g/mol. The van der Waals surface area contributed by atoms with E-state index in [4.69, 9.17) is 19.6 Å². The van der Waals surface area contributed by atoms with Gasteiger partial charge >= 0.3 is 12.1 Å². The van der Waals surface area contributed by atoms with Crippen LogP contribution in [-0.2, 0) is 11.3 Å². The first-order valence-electron chi connectivity index (χ1n) is 11.8. The van der Waals surface area contributed by atoms with E-state index in [0.717, 1.165) is 54.1 Å². The Morgan fingerprint density at radius 3 is 2.49 bits per heavy atom. The molecule has 1 aliphatic rings. The standard InChI is InChI=1S/C25H25N3OS.C2HF3O2/c1-2-4-18(5-3-1)25-28-22(17-30-25)16-27-21-7-10-23(11-8-21)29-24-9-6-20-15-26-13-12-19(20)14-24;3-2(4,5)1(6)7/h1-6,9,12-15,17,21,23,27H,7-8,10-11,16H2;(H,6,7). The van der Waals surface area contributed by atoms with Gasteiger partial charge in [0.1, 0.15) is 10.8 Å². The molecule has 0 saturated heterocycles. The fraction of sp³-hybridized carbons (Fsp3) is 0.296. The van der Waals surface area contributed by atoms with Crippen molar-refractivity contribution in [3.63, 3.8) is 0 Å². The number of ether oxygens (including phenoxy) is 1. The zero-order chi connectivity index (χ0) is 26.3. The van der Waals surface area contributed by atoms with Gasteiger partial charge in [0.2, 0.25) is 0 Å². The Morgan fingerprint density at radius 2 is 1.78 bits per heavy atom. The average molecular weight is 530 g/mol. The van der Waals surface area contributed by atoms with Crippen LogP contribution in [0.5, 0.6) is 5.75 Å². The van der Waals surface area contributed by atoms with Gasteiger partial charge in [-0.2, -0.15) is 13.2 Å². The number of halogens is 3. The molecule has 0 amide bonds. The van der Waals surface area contributed by atoms with Crippen molar-refractivity contribution in [2.75, 3.05) is 0 Å². The average Bonchev–Trinajstić information content (AvgIpc) is 3.38. The molecule has 0 unspecified atom stereocenters. The maximum atomic E-state index is 10.6. The lowest BCUT2D eigenvalue weighted by Gasteiger charge is -2.29. The van der Waals surface area contributed by atoms with Gasteiger partial charge in [-0.1, -0.05) is 30.3 Å². The van der Waals surface area contributed by atoms with Crippen molar-refractivity contribution in [2.24, 2.45) is 0 Å². The minimum atomic E-state index is -5.08. The van der Waals surface area contributed by atoms with E-state index in [1.54, 1.807) is 11.3 Å². The van der Waals surface area contributed by atoms with E-state index < -0.39 is 12.1 Å². The second-order valence-electron chi connectivity index (χ2n) is 8.67. The number of nitrogens with one attached hydrogen (secondary N) is 1. The number of benzene rings is 2. The van der Waals surface area contributed by atoms with Crippen molar-refractivity contribution in [3.05, 3.63) is 78.1 Å². The molecule has 1 saturated carbocycles. The molecule has 2 aromatic heterocycles. The van der Waals surface area contributed by atoms with E-state index in [0.29, 0.717) is 12.1 Å². The Hall–Kier alpha value is -3.50. The van der Waals surface area contributed by atoms with Gasteiger partial charge in [-0.15, -0.1) is 11.3 Å². The van der Waals surface area contributed by atoms with Crippen molar-refractivity contribution in [3.8, 4) is 16.3 Å². The summed E-state index contributed by atoms with van der Waals surface area (Å²) in [5.41, 5.74) is 2.32. The van der Waals surface area contributed by atoms with Gasteiger partial charge < -0.3 is 15.2 Å². The number of rotatable bonds is 6. The summed E-state index contributed by atoms with van der Waals surface area (Å²) in [5.74, 6) is -1.80. The third-order valence-corrected chi connectivity index (χ3v) is 6.92. The van der Waals surface area contributed by atoms with Crippen molar-refractivity contribution < 1.29 is 27.8 Å². The minimum Gasteiger partial charge on any atom is -0.490 e. The monoisotopic (exact) mass is 529 g/mol. The zero-order valence-electron chi connectivity index (χ0n) is 19.8. The topological polar surface area (TPSA) is 84.3 Å². The summed E-state index contributed by atoms with van der Waals surface area (Å²) in [7, 11) is 0. The summed E-state index contributed by atoms with van der Waals surface area (Å²) in [6.45, 7) is 0.832. The van der Waals surface area contributed by atoms with Crippen molar-refractivity contribution in [1.82, 2.24) is 15.3 Å². The fourth-order valence-electron chi connectivity index (χ4n) is 4.06. The number of nitrogens with zero attached hydrogens (tertiary/aromatic N) is 2. The predicted molar refractivity (Wildman–Crippen MR) is 136 cm³/mol. The normalized spacial score (nSPS) is 17.6. The van der Waals surface area contributed by atoms with Gasteiger partial charge in [-0.3, -0.25) is 4.98 Å². The van der Waals surface area contributed by atoms with Crippen LogP contribution in [0.3, 0.4) is 0 Å². The highest BCUT2D eigenvalue weighted by molar-refractivity contribution is 7.13. The molecule has 2 N–H and O–H groups in total. The van der Waals surface area contributed by atoms with Crippen molar-refractivity contribution >= 4 is 28.1 Å². The van der Waals surface area contributed by atoms with Crippen molar-refractivity contribution in [2.45, 2.75) is 50.6 Å². The summed E-state index contributed by atoms with van der Waals surface area (Å²) in [4.78, 5) is 17.9. The Bertz CT molecular complexity index is 1310. The summed E-state index contributed by atoms with van der Waals surface area (Å²) in [6, 6.07) is 19.2. The van der Waals surface area contributed by atoms with Gasteiger partial charge in [0.05, 0.1) is 11.8 Å². The maximum Gasteiger partial charge on any atom is 0.490 e. The van der Waals surface area contributed by atoms with Gasteiger partial charge in [0, 0.05) is 41.3 Å². The SMILES string of the molecule is O=C(O)C(F)(F)F.c1ccc(-c2nc(CNC3CCC(Oc4ccc5cnccc5c4)CC3)cs2)cc1. The molecule has 0 atom stereocenters. The molecule has 5 rings (SSSR count). The summed E-state index contributed by atoms with van der Waals surface area (Å²) >= 11 is 1.72. The van der Waals surface area contributed by atoms with Crippen LogP contribution in [0.4, 0.5) is 13.2 Å². The molecule has 0 radical (unpaired) electrons. The van der Waals surface area contributed by atoms with Gasteiger partial charge in [0.15, 0.2) is 0 Å². The highest BCUT2D eigenvalue weighted by Gasteiger charge is 2.38. The van der Waals surface area contributed by atoms with Crippen LogP contribution < -0.4 is 10.1 Å². The second-order valence-corrected chi connectivity index (χ2v) is 9.53. The molecule has 37 heavy (non-hydrogen) atoms. The molecular formula is C27H26F3N3O3S. The molecule has 4 aromatic rings. The number of aliphatic carboxylic acids is 1. The summed E-state index contributed by atoms with van der Waals surface area (Å²) < 4.78 is 38.0. The third-order valence-electron chi connectivity index (χ3n) is 5.98. The second kappa shape index (κ2) is 12.2. The number of carbonyl (C=O) groups is 1. The first kappa shape index (κ1) is 26.6. The maximum absolute atomic E-state index is 10.6. The Balaban J connectivity index is 0.000000405. The zero-order valence-corrected chi connectivity index (χ0v) is 20.6. The lowest BCUT2D eigenvalue weighted by Crippen LogP contribution is -2.36.